The average Bonchev–Trinajstić information content (AvgIpc) is 2.62. The average molecular weight is 405 g/mol. The van der Waals surface area contributed by atoms with E-state index in [-0.39, 0.29) is 18.1 Å². The molecule has 2 N–H and O–H groups in total. The molecule has 1 aromatic heterocycles. The van der Waals surface area contributed by atoms with Gasteiger partial charge in [0.1, 0.15) is 17.3 Å². The number of aromatic nitrogens is 1. The molecule has 2 rings (SSSR count). The zero-order chi connectivity index (χ0) is 21.8. The Hall–Kier alpha value is -2.68. The Morgan fingerprint density at radius 2 is 1.97 bits per heavy atom. The minimum absolute atomic E-state index is 0.0899. The summed E-state index contributed by atoms with van der Waals surface area (Å²) in [4.78, 5) is 45.1. The van der Waals surface area contributed by atoms with Crippen molar-refractivity contribution in [1.29, 1.82) is 0 Å². The molecule has 0 bridgehead atoms. The lowest BCUT2D eigenvalue weighted by atomic mass is 10.1. The molecule has 0 saturated heterocycles. The third-order valence-corrected chi connectivity index (χ3v) is 4.37. The van der Waals surface area contributed by atoms with Crippen LogP contribution in [0.3, 0.4) is 0 Å². The van der Waals surface area contributed by atoms with Gasteiger partial charge in [-0.1, -0.05) is 6.07 Å². The van der Waals surface area contributed by atoms with E-state index >= 15 is 0 Å². The quantitative estimate of drug-likeness (QED) is 0.750. The fourth-order valence-corrected chi connectivity index (χ4v) is 2.93. The second-order valence-corrected chi connectivity index (χ2v) is 8.43. The predicted octanol–water partition coefficient (Wildman–Crippen LogP) is 0.781. The molecule has 160 valence electrons. The van der Waals surface area contributed by atoms with Gasteiger partial charge in [0.2, 0.25) is 5.91 Å². The van der Waals surface area contributed by atoms with Gasteiger partial charge in [0.05, 0.1) is 6.54 Å². The number of fused-ring (bicyclic) bond motifs is 1. The first kappa shape index (κ1) is 22.6. The summed E-state index contributed by atoms with van der Waals surface area (Å²) in [6.45, 7) is 6.83. The molecule has 0 saturated carbocycles. The van der Waals surface area contributed by atoms with Crippen LogP contribution in [0.5, 0.6) is 0 Å². The number of nitrogens with zero attached hydrogens (tertiary/aromatic N) is 3. The maximum atomic E-state index is 12.7. The van der Waals surface area contributed by atoms with Gasteiger partial charge in [-0.3, -0.25) is 9.59 Å². The van der Waals surface area contributed by atoms with Gasteiger partial charge in [-0.15, -0.1) is 0 Å². The minimum atomic E-state index is -0.936. The number of alkyl carbamates (subject to hydrolysis) is 1. The molecule has 9 nitrogen and oxygen atoms in total. The molecule has 0 fully saturated rings. The molecule has 0 unspecified atom stereocenters. The first-order valence-electron chi connectivity index (χ1n) is 9.62. The van der Waals surface area contributed by atoms with Crippen LogP contribution in [0.2, 0.25) is 0 Å². The zero-order valence-electron chi connectivity index (χ0n) is 18.0. The third kappa shape index (κ3) is 6.70. The Balaban J connectivity index is 2.07. The van der Waals surface area contributed by atoms with Gasteiger partial charge in [-0.2, -0.15) is 0 Å². The lowest BCUT2D eigenvalue weighted by Gasteiger charge is -2.25. The van der Waals surface area contributed by atoms with E-state index in [2.05, 4.69) is 20.5 Å². The predicted molar refractivity (Wildman–Crippen MR) is 108 cm³/mol. The van der Waals surface area contributed by atoms with Crippen LogP contribution in [0.4, 0.5) is 4.79 Å². The molecule has 0 aromatic carbocycles. The maximum absolute atomic E-state index is 12.7. The number of pyridine rings is 1. The van der Waals surface area contributed by atoms with E-state index < -0.39 is 23.6 Å². The van der Waals surface area contributed by atoms with E-state index in [1.165, 1.54) is 4.90 Å². The molecule has 1 aromatic rings. The number of nitrogens with one attached hydrogen (secondary N) is 2. The van der Waals surface area contributed by atoms with E-state index in [9.17, 15) is 14.4 Å². The van der Waals surface area contributed by atoms with Gasteiger partial charge < -0.3 is 25.2 Å². The van der Waals surface area contributed by atoms with Crippen LogP contribution < -0.4 is 10.6 Å². The van der Waals surface area contributed by atoms with Gasteiger partial charge in [0.25, 0.3) is 5.91 Å². The summed E-state index contributed by atoms with van der Waals surface area (Å²) in [5, 5.41) is 5.21. The number of likely N-dealkylation sites (N-methyl/N-ethyl adjacent to an activating group) is 2. The Bertz CT molecular complexity index is 773. The highest BCUT2D eigenvalue weighted by atomic mass is 16.6. The van der Waals surface area contributed by atoms with Crippen LogP contribution in [0.15, 0.2) is 12.1 Å². The van der Waals surface area contributed by atoms with E-state index in [1.54, 1.807) is 40.9 Å². The Morgan fingerprint density at radius 3 is 2.59 bits per heavy atom. The first-order valence-corrected chi connectivity index (χ1v) is 9.62. The topological polar surface area (TPSA) is 104 Å². The van der Waals surface area contributed by atoms with Crippen molar-refractivity contribution < 1.29 is 19.1 Å². The van der Waals surface area contributed by atoms with E-state index in [0.717, 1.165) is 30.8 Å². The van der Waals surface area contributed by atoms with Gasteiger partial charge in [-0.25, -0.2) is 9.78 Å². The summed E-state index contributed by atoms with van der Waals surface area (Å²) < 4.78 is 5.18. The van der Waals surface area contributed by atoms with E-state index in [4.69, 9.17) is 4.74 Å². The summed E-state index contributed by atoms with van der Waals surface area (Å²) >= 11 is 0. The van der Waals surface area contributed by atoms with Crippen molar-refractivity contribution in [3.63, 3.8) is 0 Å². The summed E-state index contributed by atoms with van der Waals surface area (Å²) in [6, 6.07) is 2.62. The summed E-state index contributed by atoms with van der Waals surface area (Å²) in [6.07, 6.45) is 0.118. The van der Waals surface area contributed by atoms with Crippen LogP contribution in [-0.4, -0.2) is 78.6 Å². The molecule has 2 heterocycles. The second-order valence-electron chi connectivity index (χ2n) is 8.43. The largest absolute Gasteiger partial charge is 0.444 e. The van der Waals surface area contributed by atoms with E-state index in [0.29, 0.717) is 0 Å². The number of carbonyl (C=O) groups is 3. The van der Waals surface area contributed by atoms with Crippen molar-refractivity contribution in [2.24, 2.45) is 0 Å². The second kappa shape index (κ2) is 9.21. The fraction of sp³-hybridized carbons (Fsp3) is 0.600. The third-order valence-electron chi connectivity index (χ3n) is 4.37. The van der Waals surface area contributed by atoms with Crippen molar-refractivity contribution in [2.75, 3.05) is 34.2 Å². The van der Waals surface area contributed by atoms with E-state index in [1.807, 2.05) is 13.1 Å². The molecular weight excluding hydrogens is 374 g/mol. The fourth-order valence-electron chi connectivity index (χ4n) is 2.93. The summed E-state index contributed by atoms with van der Waals surface area (Å²) in [5.74, 6) is -0.799. The molecule has 3 amide bonds. The normalized spacial score (nSPS) is 15.1. The van der Waals surface area contributed by atoms with Gasteiger partial charge in [0.15, 0.2) is 0 Å². The molecule has 0 aliphatic carbocycles. The van der Waals surface area contributed by atoms with Gasteiger partial charge >= 0.3 is 6.09 Å². The van der Waals surface area contributed by atoms with Gasteiger partial charge in [-0.05, 0) is 39.4 Å². The van der Waals surface area contributed by atoms with Crippen molar-refractivity contribution in [3.8, 4) is 0 Å². The number of hydrogen-bond donors (Lipinski definition) is 2. The van der Waals surface area contributed by atoms with Crippen LogP contribution in [-0.2, 0) is 22.5 Å². The highest BCUT2D eigenvalue weighted by molar-refractivity contribution is 5.96. The summed E-state index contributed by atoms with van der Waals surface area (Å²) in [7, 11) is 5.21. The number of ether oxygens (including phenoxy) is 1. The number of carbonyl (C=O) groups excluding carboxylic acids is 3. The van der Waals surface area contributed by atoms with Crippen molar-refractivity contribution in [3.05, 3.63) is 29.1 Å². The Kier molecular flexibility index (Phi) is 7.18. The first-order chi connectivity index (χ1) is 13.5. The highest BCUT2D eigenvalue weighted by Gasteiger charge is 2.26. The smallest absolute Gasteiger partial charge is 0.407 e. The highest BCUT2D eigenvalue weighted by Crippen LogP contribution is 2.16. The molecule has 1 aliphatic rings. The molecule has 1 atom stereocenters. The molecule has 9 heteroatoms. The number of hydrogen-bond acceptors (Lipinski definition) is 6. The lowest BCUT2D eigenvalue weighted by molar-refractivity contribution is -0.130. The van der Waals surface area contributed by atoms with Crippen molar-refractivity contribution in [1.82, 2.24) is 25.4 Å². The lowest BCUT2D eigenvalue weighted by Crippen LogP contribution is -2.52. The van der Waals surface area contributed by atoms with Crippen LogP contribution in [0.25, 0.3) is 0 Å². The molecule has 0 spiro atoms. The van der Waals surface area contributed by atoms with Crippen LogP contribution in [0, 0.1) is 0 Å². The standard InChI is InChI=1S/C20H31N5O4/c1-20(2,3)29-19(28)21-11-16(18(27)24(4)5)23-17(26)15-8-7-13-12-25(6)10-9-14(13)22-15/h7-8,16H,9-12H2,1-6H3,(H,21,28)(H,23,26)/t16-/m0/s1. The van der Waals surface area contributed by atoms with Crippen molar-refractivity contribution >= 4 is 17.9 Å². The molecule has 1 aliphatic heterocycles. The number of amides is 3. The monoisotopic (exact) mass is 405 g/mol. The molecule has 29 heavy (non-hydrogen) atoms. The molecular formula is C20H31N5O4. The maximum Gasteiger partial charge on any atom is 0.407 e. The number of rotatable bonds is 5. The molecule has 0 radical (unpaired) electrons. The van der Waals surface area contributed by atoms with Crippen LogP contribution in [0.1, 0.15) is 42.5 Å². The zero-order valence-corrected chi connectivity index (χ0v) is 18.0. The van der Waals surface area contributed by atoms with Crippen molar-refractivity contribution in [2.45, 2.75) is 45.4 Å². The summed E-state index contributed by atoms with van der Waals surface area (Å²) in [5.41, 5.74) is 1.60. The Morgan fingerprint density at radius 1 is 1.28 bits per heavy atom. The van der Waals surface area contributed by atoms with Crippen LogP contribution >= 0.6 is 0 Å². The minimum Gasteiger partial charge on any atom is -0.444 e. The SMILES string of the molecule is CN1CCc2nc(C(=O)N[C@@H](CNC(=O)OC(C)(C)C)C(=O)N(C)C)ccc2C1. The Labute approximate surface area is 171 Å². The van der Waals surface area contributed by atoms with Gasteiger partial charge in [0, 0.05) is 39.3 Å².